The third-order valence-electron chi connectivity index (χ3n) is 3.68. The first kappa shape index (κ1) is 21.0. The average molecular weight is 462 g/mol. The summed E-state index contributed by atoms with van der Waals surface area (Å²) in [7, 11) is 0. The van der Waals surface area contributed by atoms with Crippen LogP contribution in [-0.4, -0.2) is 37.8 Å². The van der Waals surface area contributed by atoms with Crippen LogP contribution in [0.15, 0.2) is 41.3 Å². The van der Waals surface area contributed by atoms with E-state index in [2.05, 4.69) is 31.0 Å². The number of carbonyl (C=O) groups excluding carboxylic acids is 1. The van der Waals surface area contributed by atoms with Crippen molar-refractivity contribution in [3.63, 3.8) is 0 Å². The van der Waals surface area contributed by atoms with Crippen molar-refractivity contribution >= 4 is 33.5 Å². The molecule has 0 aromatic carbocycles. The van der Waals surface area contributed by atoms with Crippen molar-refractivity contribution in [2.75, 3.05) is 11.4 Å². The van der Waals surface area contributed by atoms with Crippen LogP contribution >= 0.6 is 15.9 Å². The van der Waals surface area contributed by atoms with Gasteiger partial charge in [0.25, 0.3) is 0 Å². The van der Waals surface area contributed by atoms with Gasteiger partial charge in [-0.1, -0.05) is 13.8 Å². The highest BCUT2D eigenvalue weighted by molar-refractivity contribution is 9.10. The van der Waals surface area contributed by atoms with Crippen LogP contribution in [0, 0.1) is 5.92 Å². The number of halogens is 1. The van der Waals surface area contributed by atoms with Gasteiger partial charge in [0, 0.05) is 18.8 Å². The Morgan fingerprint density at radius 3 is 2.69 bits per heavy atom. The minimum absolute atomic E-state index is 0.201. The zero-order valence-corrected chi connectivity index (χ0v) is 18.7. The van der Waals surface area contributed by atoms with Gasteiger partial charge in [0.05, 0.1) is 16.9 Å². The van der Waals surface area contributed by atoms with Crippen LogP contribution in [0.25, 0.3) is 5.65 Å². The second-order valence-corrected chi connectivity index (χ2v) is 8.81. The summed E-state index contributed by atoms with van der Waals surface area (Å²) in [6, 6.07) is 5.23. The first-order valence-electron chi connectivity index (χ1n) is 9.27. The maximum absolute atomic E-state index is 13.0. The molecule has 0 fully saturated rings. The van der Waals surface area contributed by atoms with Crippen molar-refractivity contribution in [3.8, 4) is 11.6 Å². The molecule has 3 aromatic heterocycles. The third kappa shape index (κ3) is 5.23. The average Bonchev–Trinajstić information content (AvgIpc) is 2.99. The largest absolute Gasteiger partial charge is 0.443 e. The van der Waals surface area contributed by atoms with Crippen LogP contribution in [0.4, 0.5) is 10.6 Å². The number of aromatic nitrogens is 4. The Balaban J connectivity index is 2.09. The fraction of sp³-hybridized carbons (Fsp3) is 0.400. The number of amides is 1. The van der Waals surface area contributed by atoms with Crippen molar-refractivity contribution in [3.05, 3.63) is 41.3 Å². The third-order valence-corrected chi connectivity index (χ3v) is 4.24. The molecule has 1 amide bonds. The first-order chi connectivity index (χ1) is 13.6. The smallest absolute Gasteiger partial charge is 0.416 e. The molecule has 9 heteroatoms. The van der Waals surface area contributed by atoms with Crippen molar-refractivity contribution < 1.29 is 14.3 Å². The highest BCUT2D eigenvalue weighted by Crippen LogP contribution is 2.29. The van der Waals surface area contributed by atoms with E-state index in [0.717, 1.165) is 0 Å². The van der Waals surface area contributed by atoms with Crippen LogP contribution in [0.2, 0.25) is 0 Å². The molecule has 0 saturated carbocycles. The SMILES string of the molecule is CC(C)CN(C(=O)OC(C)(C)C)c1cc(Oc2cccnc2)nc2c(Br)cnn12. The molecule has 154 valence electrons. The molecule has 0 atom stereocenters. The number of fused-ring (bicyclic) bond motifs is 1. The van der Waals surface area contributed by atoms with E-state index in [9.17, 15) is 4.79 Å². The Morgan fingerprint density at radius 2 is 2.07 bits per heavy atom. The number of anilines is 1. The van der Waals surface area contributed by atoms with Gasteiger partial charge in [0.1, 0.15) is 17.2 Å². The van der Waals surface area contributed by atoms with Gasteiger partial charge in [-0.15, -0.1) is 0 Å². The van der Waals surface area contributed by atoms with Crippen LogP contribution in [0.3, 0.4) is 0 Å². The molecular weight excluding hydrogens is 438 g/mol. The summed E-state index contributed by atoms with van der Waals surface area (Å²) in [5.74, 6) is 1.56. The van der Waals surface area contributed by atoms with Crippen molar-refractivity contribution in [2.24, 2.45) is 5.92 Å². The van der Waals surface area contributed by atoms with E-state index in [0.29, 0.717) is 34.1 Å². The van der Waals surface area contributed by atoms with Gasteiger partial charge in [-0.05, 0) is 54.8 Å². The van der Waals surface area contributed by atoms with E-state index in [1.807, 2.05) is 34.6 Å². The molecule has 0 bridgehead atoms. The molecule has 0 aliphatic heterocycles. The molecule has 0 unspecified atom stereocenters. The lowest BCUT2D eigenvalue weighted by Crippen LogP contribution is -2.40. The fourth-order valence-electron chi connectivity index (χ4n) is 2.62. The number of hydrogen-bond acceptors (Lipinski definition) is 6. The second kappa shape index (κ2) is 8.36. The maximum Gasteiger partial charge on any atom is 0.416 e. The maximum atomic E-state index is 13.0. The standard InChI is InChI=1S/C20H24BrN5O3/c1-13(2)12-25(19(27)29-20(3,4)5)17-9-16(28-14-7-6-8-22-10-14)24-18-15(21)11-23-26(17)18/h6-11,13H,12H2,1-5H3. The lowest BCUT2D eigenvalue weighted by atomic mass is 10.2. The summed E-state index contributed by atoms with van der Waals surface area (Å²) in [6.45, 7) is 10.0. The fourth-order valence-corrected chi connectivity index (χ4v) is 2.96. The minimum atomic E-state index is -0.627. The molecule has 3 heterocycles. The van der Waals surface area contributed by atoms with E-state index < -0.39 is 11.7 Å². The zero-order valence-electron chi connectivity index (χ0n) is 17.1. The molecule has 0 spiro atoms. The Morgan fingerprint density at radius 1 is 1.31 bits per heavy atom. The molecular formula is C20H24BrN5O3. The van der Waals surface area contributed by atoms with Crippen molar-refractivity contribution in [1.82, 2.24) is 19.6 Å². The van der Waals surface area contributed by atoms with Gasteiger partial charge in [-0.2, -0.15) is 14.6 Å². The summed E-state index contributed by atoms with van der Waals surface area (Å²) < 4.78 is 13.8. The normalized spacial score (nSPS) is 11.7. The monoisotopic (exact) mass is 461 g/mol. The van der Waals surface area contributed by atoms with Crippen LogP contribution in [0.5, 0.6) is 11.6 Å². The predicted molar refractivity (Wildman–Crippen MR) is 113 cm³/mol. The predicted octanol–water partition coefficient (Wildman–Crippen LogP) is 5.08. The summed E-state index contributed by atoms with van der Waals surface area (Å²) in [5, 5.41) is 4.36. The molecule has 0 N–H and O–H groups in total. The molecule has 8 nitrogen and oxygen atoms in total. The second-order valence-electron chi connectivity index (χ2n) is 7.96. The number of carbonyl (C=O) groups is 1. The van der Waals surface area contributed by atoms with Gasteiger partial charge < -0.3 is 9.47 Å². The van der Waals surface area contributed by atoms with E-state index in [1.165, 1.54) is 0 Å². The molecule has 0 saturated heterocycles. The Bertz CT molecular complexity index is 999. The molecule has 0 radical (unpaired) electrons. The summed E-state index contributed by atoms with van der Waals surface area (Å²) in [6.07, 6.45) is 4.42. The van der Waals surface area contributed by atoms with Gasteiger partial charge in [-0.3, -0.25) is 9.88 Å². The van der Waals surface area contributed by atoms with Gasteiger partial charge in [0.2, 0.25) is 5.88 Å². The lowest BCUT2D eigenvalue weighted by Gasteiger charge is -2.28. The Hall–Kier alpha value is -2.68. The van der Waals surface area contributed by atoms with Crippen LogP contribution in [-0.2, 0) is 4.74 Å². The van der Waals surface area contributed by atoms with Crippen LogP contribution < -0.4 is 9.64 Å². The van der Waals surface area contributed by atoms with Crippen molar-refractivity contribution in [2.45, 2.75) is 40.2 Å². The zero-order chi connectivity index (χ0) is 21.2. The van der Waals surface area contributed by atoms with E-state index in [1.54, 1.807) is 46.2 Å². The highest BCUT2D eigenvalue weighted by atomic mass is 79.9. The first-order valence-corrected chi connectivity index (χ1v) is 10.1. The van der Waals surface area contributed by atoms with Crippen molar-refractivity contribution in [1.29, 1.82) is 0 Å². The molecule has 29 heavy (non-hydrogen) atoms. The van der Waals surface area contributed by atoms with Gasteiger partial charge in [-0.25, -0.2) is 4.79 Å². The number of rotatable bonds is 5. The van der Waals surface area contributed by atoms with E-state index in [4.69, 9.17) is 9.47 Å². The minimum Gasteiger partial charge on any atom is -0.443 e. The molecule has 3 rings (SSSR count). The quantitative estimate of drug-likeness (QED) is 0.526. The lowest BCUT2D eigenvalue weighted by molar-refractivity contribution is 0.0574. The molecule has 3 aromatic rings. The summed E-state index contributed by atoms with van der Waals surface area (Å²) in [5.41, 5.74) is -0.100. The highest BCUT2D eigenvalue weighted by Gasteiger charge is 2.27. The Labute approximate surface area is 178 Å². The Kier molecular flexibility index (Phi) is 6.07. The number of ether oxygens (including phenoxy) is 2. The van der Waals surface area contributed by atoms with E-state index >= 15 is 0 Å². The topological polar surface area (TPSA) is 81.9 Å². The van der Waals surface area contributed by atoms with Crippen LogP contribution in [0.1, 0.15) is 34.6 Å². The number of pyridine rings is 1. The molecule has 0 aliphatic carbocycles. The van der Waals surface area contributed by atoms with Gasteiger partial charge >= 0.3 is 6.09 Å². The van der Waals surface area contributed by atoms with Gasteiger partial charge in [0.15, 0.2) is 5.65 Å². The number of nitrogens with zero attached hydrogens (tertiary/aromatic N) is 5. The number of hydrogen-bond donors (Lipinski definition) is 0. The summed E-state index contributed by atoms with van der Waals surface area (Å²) in [4.78, 5) is 23.1. The molecule has 0 aliphatic rings. The summed E-state index contributed by atoms with van der Waals surface area (Å²) >= 11 is 3.46. The van der Waals surface area contributed by atoms with E-state index in [-0.39, 0.29) is 5.92 Å².